The van der Waals surface area contributed by atoms with E-state index in [4.69, 9.17) is 23.2 Å². The summed E-state index contributed by atoms with van der Waals surface area (Å²) < 4.78 is 1.86. The van der Waals surface area contributed by atoms with Crippen molar-refractivity contribution in [2.45, 2.75) is 6.54 Å². The molecule has 1 aromatic heterocycles. The SMILES string of the molecule is Clc1ccc(NCCn2cccn2)c(Cl)c1. The highest BCUT2D eigenvalue weighted by Gasteiger charge is 2.00. The molecule has 0 spiro atoms. The number of nitrogens with zero attached hydrogens (tertiary/aromatic N) is 2. The molecule has 1 heterocycles. The summed E-state index contributed by atoms with van der Waals surface area (Å²) in [6.07, 6.45) is 3.68. The van der Waals surface area contributed by atoms with E-state index in [-0.39, 0.29) is 0 Å². The second-order valence-electron chi connectivity index (χ2n) is 3.32. The van der Waals surface area contributed by atoms with Gasteiger partial charge in [0.2, 0.25) is 0 Å². The van der Waals surface area contributed by atoms with Gasteiger partial charge in [-0.05, 0) is 24.3 Å². The van der Waals surface area contributed by atoms with E-state index in [1.54, 1.807) is 12.3 Å². The summed E-state index contributed by atoms with van der Waals surface area (Å²) in [6.45, 7) is 1.56. The highest BCUT2D eigenvalue weighted by atomic mass is 35.5. The van der Waals surface area contributed by atoms with Crippen molar-refractivity contribution in [2.75, 3.05) is 11.9 Å². The molecule has 16 heavy (non-hydrogen) atoms. The number of aromatic nitrogens is 2. The summed E-state index contributed by atoms with van der Waals surface area (Å²) in [6, 6.07) is 7.30. The van der Waals surface area contributed by atoms with Crippen LogP contribution in [0.15, 0.2) is 36.7 Å². The molecule has 2 rings (SSSR count). The monoisotopic (exact) mass is 255 g/mol. The Morgan fingerprint density at radius 2 is 2.19 bits per heavy atom. The molecular formula is C11H11Cl2N3. The van der Waals surface area contributed by atoms with Crippen molar-refractivity contribution in [3.8, 4) is 0 Å². The predicted octanol–water partition coefficient (Wildman–Crippen LogP) is 3.30. The average Bonchev–Trinajstić information content (AvgIpc) is 2.74. The maximum atomic E-state index is 6.02. The van der Waals surface area contributed by atoms with Crippen molar-refractivity contribution in [1.82, 2.24) is 9.78 Å². The molecule has 0 unspecified atom stereocenters. The number of halogens is 2. The third-order valence-corrected chi connectivity index (χ3v) is 2.69. The molecule has 0 radical (unpaired) electrons. The predicted molar refractivity (Wildman–Crippen MR) is 67.2 cm³/mol. The van der Waals surface area contributed by atoms with Crippen molar-refractivity contribution in [1.29, 1.82) is 0 Å². The van der Waals surface area contributed by atoms with Gasteiger partial charge in [-0.2, -0.15) is 5.10 Å². The van der Waals surface area contributed by atoms with Gasteiger partial charge in [-0.1, -0.05) is 23.2 Å². The Hall–Kier alpha value is -1.19. The van der Waals surface area contributed by atoms with Crippen LogP contribution < -0.4 is 5.32 Å². The quantitative estimate of drug-likeness (QED) is 0.909. The summed E-state index contributed by atoms with van der Waals surface area (Å²) in [4.78, 5) is 0. The topological polar surface area (TPSA) is 29.9 Å². The maximum Gasteiger partial charge on any atom is 0.0652 e. The standard InChI is InChI=1S/C11H11Cl2N3/c12-9-2-3-11(10(13)8-9)14-5-7-16-6-1-4-15-16/h1-4,6,8,14H,5,7H2. The molecule has 0 bridgehead atoms. The van der Waals surface area contributed by atoms with Gasteiger partial charge in [0.1, 0.15) is 0 Å². The van der Waals surface area contributed by atoms with Crippen molar-refractivity contribution in [2.24, 2.45) is 0 Å². The zero-order valence-electron chi connectivity index (χ0n) is 8.53. The minimum absolute atomic E-state index is 0.632. The molecule has 0 amide bonds. The Balaban J connectivity index is 1.90. The first-order valence-electron chi connectivity index (χ1n) is 4.92. The van der Waals surface area contributed by atoms with Gasteiger partial charge in [0, 0.05) is 24.0 Å². The molecule has 0 saturated heterocycles. The fourth-order valence-electron chi connectivity index (χ4n) is 1.37. The Kier molecular flexibility index (Phi) is 3.70. The second kappa shape index (κ2) is 5.23. The van der Waals surface area contributed by atoms with Crippen LogP contribution in [0.4, 0.5) is 5.69 Å². The molecule has 1 N–H and O–H groups in total. The molecule has 3 nitrogen and oxygen atoms in total. The van der Waals surface area contributed by atoms with Crippen LogP contribution in [0.5, 0.6) is 0 Å². The Labute approximate surface area is 104 Å². The van der Waals surface area contributed by atoms with Crippen LogP contribution in [-0.2, 0) is 6.54 Å². The van der Waals surface area contributed by atoms with Gasteiger partial charge in [-0.15, -0.1) is 0 Å². The van der Waals surface area contributed by atoms with Gasteiger partial charge in [0.25, 0.3) is 0 Å². The zero-order chi connectivity index (χ0) is 11.4. The summed E-state index contributed by atoms with van der Waals surface area (Å²) in [5.41, 5.74) is 0.887. The first-order chi connectivity index (χ1) is 7.75. The summed E-state index contributed by atoms with van der Waals surface area (Å²) in [5.74, 6) is 0. The van der Waals surface area contributed by atoms with Crippen LogP contribution in [0.2, 0.25) is 10.0 Å². The van der Waals surface area contributed by atoms with Crippen LogP contribution >= 0.6 is 23.2 Å². The first-order valence-corrected chi connectivity index (χ1v) is 5.67. The molecule has 0 saturated carbocycles. The van der Waals surface area contributed by atoms with E-state index in [2.05, 4.69) is 10.4 Å². The minimum Gasteiger partial charge on any atom is -0.382 e. The lowest BCUT2D eigenvalue weighted by Gasteiger charge is -2.08. The smallest absolute Gasteiger partial charge is 0.0652 e. The third kappa shape index (κ3) is 2.90. The Bertz CT molecular complexity index is 454. The second-order valence-corrected chi connectivity index (χ2v) is 4.16. The molecule has 0 aliphatic rings. The number of hydrogen-bond donors (Lipinski definition) is 1. The lowest BCUT2D eigenvalue weighted by molar-refractivity contribution is 0.638. The van der Waals surface area contributed by atoms with Crippen LogP contribution in [0, 0.1) is 0 Å². The molecule has 2 aromatic rings. The molecule has 0 fully saturated rings. The summed E-state index contributed by atoms with van der Waals surface area (Å²) in [7, 11) is 0. The fourth-order valence-corrected chi connectivity index (χ4v) is 1.85. The maximum absolute atomic E-state index is 6.02. The molecule has 0 atom stereocenters. The van der Waals surface area contributed by atoms with Crippen molar-refractivity contribution < 1.29 is 0 Å². The number of hydrogen-bond acceptors (Lipinski definition) is 2. The normalized spacial score (nSPS) is 10.4. The zero-order valence-corrected chi connectivity index (χ0v) is 10.0. The van der Waals surface area contributed by atoms with Crippen LogP contribution in [0.1, 0.15) is 0 Å². The van der Waals surface area contributed by atoms with Crippen molar-refractivity contribution >= 4 is 28.9 Å². The minimum atomic E-state index is 0.632. The van der Waals surface area contributed by atoms with E-state index in [0.717, 1.165) is 18.8 Å². The Morgan fingerprint density at radius 3 is 2.88 bits per heavy atom. The van der Waals surface area contributed by atoms with Gasteiger partial charge in [0.05, 0.1) is 17.3 Å². The van der Waals surface area contributed by atoms with Crippen LogP contribution in [-0.4, -0.2) is 16.3 Å². The molecule has 0 aliphatic heterocycles. The van der Waals surface area contributed by atoms with Gasteiger partial charge < -0.3 is 5.32 Å². The molecular weight excluding hydrogens is 245 g/mol. The van der Waals surface area contributed by atoms with E-state index >= 15 is 0 Å². The number of rotatable bonds is 4. The number of nitrogens with one attached hydrogen (secondary N) is 1. The molecule has 0 aliphatic carbocycles. The molecule has 84 valence electrons. The van der Waals surface area contributed by atoms with E-state index in [0.29, 0.717) is 10.0 Å². The lowest BCUT2D eigenvalue weighted by atomic mass is 10.3. The van der Waals surface area contributed by atoms with Gasteiger partial charge >= 0.3 is 0 Å². The highest BCUT2D eigenvalue weighted by molar-refractivity contribution is 6.36. The average molecular weight is 256 g/mol. The highest BCUT2D eigenvalue weighted by Crippen LogP contribution is 2.24. The largest absolute Gasteiger partial charge is 0.382 e. The van der Waals surface area contributed by atoms with Gasteiger partial charge in [-0.3, -0.25) is 4.68 Å². The molecule has 5 heteroatoms. The number of benzene rings is 1. The molecule has 1 aromatic carbocycles. The van der Waals surface area contributed by atoms with Crippen molar-refractivity contribution in [3.05, 3.63) is 46.7 Å². The number of anilines is 1. The van der Waals surface area contributed by atoms with E-state index < -0.39 is 0 Å². The van der Waals surface area contributed by atoms with Gasteiger partial charge in [-0.25, -0.2) is 0 Å². The van der Waals surface area contributed by atoms with E-state index in [1.165, 1.54) is 0 Å². The summed E-state index contributed by atoms with van der Waals surface area (Å²) >= 11 is 11.8. The first kappa shape index (κ1) is 11.3. The lowest BCUT2D eigenvalue weighted by Crippen LogP contribution is -2.10. The van der Waals surface area contributed by atoms with Crippen LogP contribution in [0.3, 0.4) is 0 Å². The Morgan fingerprint density at radius 1 is 1.31 bits per heavy atom. The van der Waals surface area contributed by atoms with E-state index in [1.807, 2.05) is 29.1 Å². The third-order valence-electron chi connectivity index (χ3n) is 2.15. The summed E-state index contributed by atoms with van der Waals surface area (Å²) in [5, 5.41) is 8.61. The van der Waals surface area contributed by atoms with E-state index in [9.17, 15) is 0 Å². The fraction of sp³-hybridized carbons (Fsp3) is 0.182. The van der Waals surface area contributed by atoms with Gasteiger partial charge in [0.15, 0.2) is 0 Å². The van der Waals surface area contributed by atoms with Crippen molar-refractivity contribution in [3.63, 3.8) is 0 Å². The van der Waals surface area contributed by atoms with Crippen LogP contribution in [0.25, 0.3) is 0 Å².